The number of hydrogen-bond donors (Lipinski definition) is 0. The van der Waals surface area contributed by atoms with Crippen LogP contribution in [0.5, 0.6) is 0 Å². The first kappa shape index (κ1) is 19.7. The van der Waals surface area contributed by atoms with Crippen LogP contribution in [0.1, 0.15) is 30.1 Å². The number of hydrogen-bond acceptors (Lipinski definition) is 6. The van der Waals surface area contributed by atoms with Crippen molar-refractivity contribution in [1.29, 1.82) is 0 Å². The number of ether oxygens (including phenoxy) is 2. The van der Waals surface area contributed by atoms with Crippen LogP contribution in [-0.2, 0) is 19.5 Å². The molecule has 1 aliphatic rings. The summed E-state index contributed by atoms with van der Waals surface area (Å²) in [5.74, 6) is -0.530. The van der Waals surface area contributed by atoms with Gasteiger partial charge in [0.25, 0.3) is 0 Å². The lowest BCUT2D eigenvalue weighted by Gasteiger charge is -2.22. The molecule has 1 fully saturated rings. The molecule has 1 aliphatic heterocycles. The van der Waals surface area contributed by atoms with Gasteiger partial charge in [-0.3, -0.25) is 0 Å². The molecule has 8 heteroatoms. The first-order chi connectivity index (χ1) is 11.9. The second-order valence-corrected chi connectivity index (χ2v) is 8.15. The largest absolute Gasteiger partial charge is 0.460 e. The summed E-state index contributed by atoms with van der Waals surface area (Å²) in [5.41, 5.74) is 0.998. The first-order valence-electron chi connectivity index (χ1n) is 8.44. The second kappa shape index (κ2) is 8.64. The van der Waals surface area contributed by atoms with Crippen LogP contribution < -0.4 is 4.90 Å². The van der Waals surface area contributed by atoms with E-state index in [0.717, 1.165) is 35.9 Å². The van der Waals surface area contributed by atoms with Crippen LogP contribution >= 0.6 is 0 Å². The van der Waals surface area contributed by atoms with Gasteiger partial charge in [-0.2, -0.15) is 0 Å². The lowest BCUT2D eigenvalue weighted by molar-refractivity contribution is 0.0336. The molecule has 0 aliphatic carbocycles. The number of carbonyl (C=O) groups is 1. The van der Waals surface area contributed by atoms with Gasteiger partial charge in [-0.1, -0.05) is 0 Å². The minimum atomic E-state index is -3.62. The molecule has 0 bridgehead atoms. The Kier molecular flexibility index (Phi) is 6.80. The van der Waals surface area contributed by atoms with Gasteiger partial charge in [0.2, 0.25) is 10.0 Å². The monoisotopic (exact) mass is 370 g/mol. The summed E-state index contributed by atoms with van der Waals surface area (Å²) in [4.78, 5) is 14.7. The van der Waals surface area contributed by atoms with Crippen LogP contribution in [0.4, 0.5) is 5.69 Å². The number of rotatable bonds is 8. The normalized spacial score (nSPS) is 15.0. The van der Waals surface area contributed by atoms with Crippen molar-refractivity contribution < 1.29 is 22.7 Å². The fourth-order valence-electron chi connectivity index (χ4n) is 2.70. The smallest absolute Gasteiger partial charge is 0.340 e. The summed E-state index contributed by atoms with van der Waals surface area (Å²) in [6, 6.07) is 4.65. The average molecular weight is 370 g/mol. The highest BCUT2D eigenvalue weighted by Gasteiger charge is 2.25. The number of nitrogens with zero attached hydrogens (tertiary/aromatic N) is 2. The molecule has 0 radical (unpaired) electrons. The zero-order valence-corrected chi connectivity index (χ0v) is 15.8. The summed E-state index contributed by atoms with van der Waals surface area (Å²) >= 11 is 0. The maximum Gasteiger partial charge on any atom is 0.340 e. The van der Waals surface area contributed by atoms with Gasteiger partial charge >= 0.3 is 5.97 Å². The SMILES string of the molecule is CCOCCOC(=O)c1cc(S(=O)(=O)N(C)C)ccc1N1CCCC1. The molecule has 2 rings (SSSR count). The summed E-state index contributed by atoms with van der Waals surface area (Å²) in [7, 11) is -0.696. The fourth-order valence-corrected chi connectivity index (χ4v) is 3.63. The summed E-state index contributed by atoms with van der Waals surface area (Å²) in [6.07, 6.45) is 2.10. The molecular formula is C17H26N2O5S. The Bertz CT molecular complexity index is 697. The van der Waals surface area contributed by atoms with E-state index >= 15 is 0 Å². The van der Waals surface area contributed by atoms with Crippen LogP contribution in [0.15, 0.2) is 23.1 Å². The second-order valence-electron chi connectivity index (χ2n) is 5.99. The van der Waals surface area contributed by atoms with Gasteiger partial charge in [0.15, 0.2) is 0 Å². The molecule has 1 saturated heterocycles. The predicted molar refractivity (Wildman–Crippen MR) is 95.5 cm³/mol. The molecule has 0 spiro atoms. The molecule has 1 aromatic rings. The van der Waals surface area contributed by atoms with Crippen molar-refractivity contribution in [3.05, 3.63) is 23.8 Å². The van der Waals surface area contributed by atoms with Crippen molar-refractivity contribution in [2.75, 3.05) is 51.9 Å². The molecule has 0 amide bonds. The minimum absolute atomic E-state index is 0.0807. The maximum absolute atomic E-state index is 12.5. The van der Waals surface area contributed by atoms with Gasteiger partial charge < -0.3 is 14.4 Å². The third-order valence-electron chi connectivity index (χ3n) is 4.08. The average Bonchev–Trinajstić information content (AvgIpc) is 3.12. The van der Waals surface area contributed by atoms with Crippen molar-refractivity contribution >= 4 is 21.7 Å². The standard InChI is InChI=1S/C17H26N2O5S/c1-4-23-11-12-24-17(20)15-13-14(25(21,22)18(2)3)7-8-16(15)19-9-5-6-10-19/h7-8,13H,4-6,9-12H2,1-3H3. The van der Waals surface area contributed by atoms with Crippen molar-refractivity contribution in [2.24, 2.45) is 0 Å². The van der Waals surface area contributed by atoms with Crippen molar-refractivity contribution in [1.82, 2.24) is 4.31 Å². The third kappa shape index (κ3) is 4.71. The molecular weight excluding hydrogens is 344 g/mol. The van der Waals surface area contributed by atoms with Gasteiger partial charge in [-0.05, 0) is 38.0 Å². The Morgan fingerprint density at radius 2 is 1.88 bits per heavy atom. The van der Waals surface area contributed by atoms with E-state index < -0.39 is 16.0 Å². The zero-order chi connectivity index (χ0) is 18.4. The van der Waals surface area contributed by atoms with Crippen LogP contribution in [-0.4, -0.2) is 65.7 Å². The first-order valence-corrected chi connectivity index (χ1v) is 9.88. The number of anilines is 1. The van der Waals surface area contributed by atoms with Crippen LogP contribution in [0.2, 0.25) is 0 Å². The third-order valence-corrected chi connectivity index (χ3v) is 5.89. The molecule has 0 saturated carbocycles. The van der Waals surface area contributed by atoms with E-state index in [2.05, 4.69) is 4.90 Å². The van der Waals surface area contributed by atoms with E-state index in [0.29, 0.717) is 13.2 Å². The molecule has 0 atom stereocenters. The maximum atomic E-state index is 12.5. The van der Waals surface area contributed by atoms with Crippen LogP contribution in [0.25, 0.3) is 0 Å². The lowest BCUT2D eigenvalue weighted by atomic mass is 10.1. The van der Waals surface area contributed by atoms with E-state index in [9.17, 15) is 13.2 Å². The summed E-state index contributed by atoms with van der Waals surface area (Å²) in [5, 5.41) is 0. The predicted octanol–water partition coefficient (Wildman–Crippen LogP) is 1.73. The summed E-state index contributed by atoms with van der Waals surface area (Å²) in [6.45, 7) is 4.56. The Labute approximate surface area is 149 Å². The molecule has 25 heavy (non-hydrogen) atoms. The number of sulfonamides is 1. The topological polar surface area (TPSA) is 76.1 Å². The van der Waals surface area contributed by atoms with Gasteiger partial charge in [0, 0.05) is 33.8 Å². The van der Waals surface area contributed by atoms with Gasteiger partial charge in [-0.25, -0.2) is 17.5 Å². The zero-order valence-electron chi connectivity index (χ0n) is 15.0. The van der Waals surface area contributed by atoms with E-state index in [1.807, 2.05) is 6.92 Å². The molecule has 1 aromatic carbocycles. The van der Waals surface area contributed by atoms with Gasteiger partial charge in [-0.15, -0.1) is 0 Å². The van der Waals surface area contributed by atoms with Crippen molar-refractivity contribution in [2.45, 2.75) is 24.7 Å². The highest BCUT2D eigenvalue weighted by Crippen LogP contribution is 2.28. The highest BCUT2D eigenvalue weighted by atomic mass is 32.2. The van der Waals surface area contributed by atoms with Crippen LogP contribution in [0.3, 0.4) is 0 Å². The number of benzene rings is 1. The Morgan fingerprint density at radius 1 is 1.20 bits per heavy atom. The highest BCUT2D eigenvalue weighted by molar-refractivity contribution is 7.89. The van der Waals surface area contributed by atoms with E-state index in [1.54, 1.807) is 12.1 Å². The minimum Gasteiger partial charge on any atom is -0.460 e. The summed E-state index contributed by atoms with van der Waals surface area (Å²) < 4.78 is 36.3. The van der Waals surface area contributed by atoms with E-state index in [4.69, 9.17) is 9.47 Å². The van der Waals surface area contributed by atoms with Gasteiger partial charge in [0.1, 0.15) is 6.61 Å². The lowest BCUT2D eigenvalue weighted by Crippen LogP contribution is -2.25. The van der Waals surface area contributed by atoms with E-state index in [1.165, 1.54) is 20.2 Å². The number of esters is 1. The van der Waals surface area contributed by atoms with E-state index in [-0.39, 0.29) is 17.1 Å². The molecule has 7 nitrogen and oxygen atoms in total. The molecule has 0 unspecified atom stereocenters. The Morgan fingerprint density at radius 3 is 2.48 bits per heavy atom. The molecule has 0 aromatic heterocycles. The molecule has 0 N–H and O–H groups in total. The molecule has 1 heterocycles. The number of carbonyl (C=O) groups excluding carboxylic acids is 1. The van der Waals surface area contributed by atoms with Crippen molar-refractivity contribution in [3.8, 4) is 0 Å². The van der Waals surface area contributed by atoms with Crippen LogP contribution in [0, 0.1) is 0 Å². The fraction of sp³-hybridized carbons (Fsp3) is 0.588. The molecule has 140 valence electrons. The quantitative estimate of drug-likeness (QED) is 0.512. The Balaban J connectivity index is 2.32. The van der Waals surface area contributed by atoms with Gasteiger partial charge in [0.05, 0.1) is 22.8 Å². The van der Waals surface area contributed by atoms with Crippen molar-refractivity contribution in [3.63, 3.8) is 0 Å². The Hall–Kier alpha value is -1.64.